The Bertz CT molecular complexity index is 319. The normalized spacial score (nSPS) is 22.2. The van der Waals surface area contributed by atoms with Gasteiger partial charge < -0.3 is 4.84 Å². The molecule has 1 aromatic heterocycles. The Morgan fingerprint density at radius 1 is 1.58 bits per heavy atom. The molecule has 0 bridgehead atoms. The number of nitrogens with zero attached hydrogens (tertiary/aromatic N) is 2. The van der Waals surface area contributed by atoms with E-state index >= 15 is 0 Å². The van der Waals surface area contributed by atoms with Crippen LogP contribution < -0.4 is 0 Å². The summed E-state index contributed by atoms with van der Waals surface area (Å²) in [4.78, 5) is 10.6. The highest BCUT2D eigenvalue weighted by Gasteiger charge is 2.21. The van der Waals surface area contributed by atoms with Crippen LogP contribution in [-0.4, -0.2) is 10.7 Å². The van der Waals surface area contributed by atoms with Crippen LogP contribution >= 0.6 is 11.3 Å². The maximum atomic E-state index is 5.22. The Morgan fingerprint density at radius 2 is 2.42 bits per heavy atom. The van der Waals surface area contributed by atoms with Gasteiger partial charge in [-0.1, -0.05) is 5.16 Å². The van der Waals surface area contributed by atoms with Gasteiger partial charge in [-0.25, -0.2) is 4.98 Å². The Morgan fingerprint density at radius 3 is 2.92 bits per heavy atom. The minimum atomic E-state index is 0.121. The highest BCUT2D eigenvalue weighted by Crippen LogP contribution is 2.30. The average Bonchev–Trinajstić information content (AvgIpc) is 2.58. The van der Waals surface area contributed by atoms with Crippen molar-refractivity contribution in [2.75, 3.05) is 0 Å². The highest BCUT2D eigenvalue weighted by molar-refractivity contribution is 7.11. The first kappa shape index (κ1) is 7.73. The van der Waals surface area contributed by atoms with E-state index < -0.39 is 0 Å². The topological polar surface area (TPSA) is 34.5 Å². The monoisotopic (exact) mass is 182 g/mol. The van der Waals surface area contributed by atoms with Crippen LogP contribution in [0.3, 0.4) is 0 Å². The van der Waals surface area contributed by atoms with E-state index in [4.69, 9.17) is 4.84 Å². The zero-order valence-corrected chi connectivity index (χ0v) is 7.89. The molecule has 0 N–H and O–H groups in total. The van der Waals surface area contributed by atoms with Gasteiger partial charge in [-0.3, -0.25) is 0 Å². The average molecular weight is 182 g/mol. The highest BCUT2D eigenvalue weighted by atomic mass is 32.1. The zero-order chi connectivity index (χ0) is 8.55. The molecule has 0 amide bonds. The number of rotatable bonds is 1. The maximum Gasteiger partial charge on any atom is 0.168 e. The predicted molar refractivity (Wildman–Crippen MR) is 48.4 cm³/mol. The second kappa shape index (κ2) is 2.86. The van der Waals surface area contributed by atoms with Crippen LogP contribution in [0.5, 0.6) is 0 Å². The van der Waals surface area contributed by atoms with Crippen molar-refractivity contribution < 1.29 is 4.84 Å². The molecule has 0 aliphatic carbocycles. The van der Waals surface area contributed by atoms with E-state index in [1.165, 1.54) is 4.88 Å². The minimum Gasteiger partial charge on any atom is -0.386 e. The second-order valence-corrected chi connectivity index (χ2v) is 4.17. The molecule has 1 atom stereocenters. The van der Waals surface area contributed by atoms with Crippen LogP contribution in [0.4, 0.5) is 0 Å². The van der Waals surface area contributed by atoms with Gasteiger partial charge in [-0.05, 0) is 13.8 Å². The van der Waals surface area contributed by atoms with Crippen molar-refractivity contribution in [3.8, 4) is 0 Å². The SMILES string of the molecule is CC1=NOC(c2cnc(C)s2)C1. The smallest absolute Gasteiger partial charge is 0.168 e. The predicted octanol–water partition coefficient (Wildman–Crippen LogP) is 2.29. The number of hydrogen-bond acceptors (Lipinski definition) is 4. The number of hydrogen-bond donors (Lipinski definition) is 0. The molecular formula is C8H10N2OS. The summed E-state index contributed by atoms with van der Waals surface area (Å²) in [5, 5.41) is 4.98. The summed E-state index contributed by atoms with van der Waals surface area (Å²) in [7, 11) is 0. The fourth-order valence-electron chi connectivity index (χ4n) is 1.18. The van der Waals surface area contributed by atoms with Crippen LogP contribution in [0.2, 0.25) is 0 Å². The first-order valence-electron chi connectivity index (χ1n) is 3.87. The van der Waals surface area contributed by atoms with Crippen molar-refractivity contribution in [3.63, 3.8) is 0 Å². The Labute approximate surface area is 75.1 Å². The largest absolute Gasteiger partial charge is 0.386 e. The molecule has 0 aromatic carbocycles. The van der Waals surface area contributed by atoms with Gasteiger partial charge in [0.25, 0.3) is 0 Å². The van der Waals surface area contributed by atoms with Crippen molar-refractivity contribution in [2.24, 2.45) is 5.16 Å². The molecule has 64 valence electrons. The maximum absolute atomic E-state index is 5.22. The van der Waals surface area contributed by atoms with Gasteiger partial charge in [0.1, 0.15) is 0 Å². The van der Waals surface area contributed by atoms with E-state index in [0.717, 1.165) is 17.1 Å². The molecule has 4 heteroatoms. The van der Waals surface area contributed by atoms with E-state index in [2.05, 4.69) is 10.1 Å². The lowest BCUT2D eigenvalue weighted by Crippen LogP contribution is -1.94. The van der Waals surface area contributed by atoms with Crippen LogP contribution in [0.15, 0.2) is 11.4 Å². The van der Waals surface area contributed by atoms with E-state index in [-0.39, 0.29) is 6.10 Å². The molecule has 0 radical (unpaired) electrons. The lowest BCUT2D eigenvalue weighted by molar-refractivity contribution is 0.0882. The molecule has 0 spiro atoms. The molecule has 2 heterocycles. The molecule has 1 aliphatic heterocycles. The summed E-state index contributed by atoms with van der Waals surface area (Å²) >= 11 is 1.68. The Balaban J connectivity index is 2.13. The van der Waals surface area contributed by atoms with Crippen molar-refractivity contribution in [3.05, 3.63) is 16.1 Å². The third kappa shape index (κ3) is 1.34. The van der Waals surface area contributed by atoms with Crippen molar-refractivity contribution in [1.29, 1.82) is 0 Å². The first-order chi connectivity index (χ1) is 5.75. The quantitative estimate of drug-likeness (QED) is 0.667. The van der Waals surface area contributed by atoms with Crippen molar-refractivity contribution in [1.82, 2.24) is 4.98 Å². The van der Waals surface area contributed by atoms with Crippen LogP contribution in [0.25, 0.3) is 0 Å². The van der Waals surface area contributed by atoms with Gasteiger partial charge >= 0.3 is 0 Å². The van der Waals surface area contributed by atoms with Gasteiger partial charge in [0.2, 0.25) is 0 Å². The van der Waals surface area contributed by atoms with Crippen LogP contribution in [0.1, 0.15) is 29.3 Å². The molecule has 1 aliphatic rings. The number of aryl methyl sites for hydroxylation is 1. The van der Waals surface area contributed by atoms with Gasteiger partial charge in [-0.2, -0.15) is 0 Å². The van der Waals surface area contributed by atoms with E-state index in [9.17, 15) is 0 Å². The molecular weight excluding hydrogens is 172 g/mol. The summed E-state index contributed by atoms with van der Waals surface area (Å²) in [6.45, 7) is 3.98. The summed E-state index contributed by atoms with van der Waals surface area (Å²) in [6, 6.07) is 0. The Hall–Kier alpha value is -0.900. The lowest BCUT2D eigenvalue weighted by Gasteiger charge is -2.02. The Kier molecular flexibility index (Phi) is 1.84. The van der Waals surface area contributed by atoms with Crippen LogP contribution in [0, 0.1) is 6.92 Å². The molecule has 2 rings (SSSR count). The number of oxime groups is 1. The fraction of sp³-hybridized carbons (Fsp3) is 0.500. The second-order valence-electron chi connectivity index (χ2n) is 2.91. The van der Waals surface area contributed by atoms with Crippen molar-refractivity contribution >= 4 is 17.0 Å². The zero-order valence-electron chi connectivity index (χ0n) is 7.07. The van der Waals surface area contributed by atoms with E-state index in [1.54, 1.807) is 11.3 Å². The van der Waals surface area contributed by atoms with E-state index in [1.807, 2.05) is 20.0 Å². The van der Waals surface area contributed by atoms with Gasteiger partial charge in [-0.15, -0.1) is 11.3 Å². The molecule has 1 aromatic rings. The molecule has 12 heavy (non-hydrogen) atoms. The summed E-state index contributed by atoms with van der Waals surface area (Å²) < 4.78 is 0. The summed E-state index contributed by atoms with van der Waals surface area (Å²) in [5.41, 5.74) is 1.06. The van der Waals surface area contributed by atoms with Gasteiger partial charge in [0.15, 0.2) is 6.10 Å². The third-order valence-corrected chi connectivity index (χ3v) is 2.78. The number of thiazole rings is 1. The minimum absolute atomic E-state index is 0.121. The van der Waals surface area contributed by atoms with Gasteiger partial charge in [0, 0.05) is 12.6 Å². The lowest BCUT2D eigenvalue weighted by atomic mass is 10.2. The third-order valence-electron chi connectivity index (χ3n) is 1.77. The standard InChI is InChI=1S/C8H10N2OS/c1-5-3-7(11-10-5)8-4-9-6(2)12-8/h4,7H,3H2,1-2H3. The van der Waals surface area contributed by atoms with Crippen molar-refractivity contribution in [2.45, 2.75) is 26.4 Å². The van der Waals surface area contributed by atoms with E-state index in [0.29, 0.717) is 0 Å². The molecule has 1 unspecified atom stereocenters. The molecule has 0 fully saturated rings. The molecule has 0 saturated heterocycles. The fourth-order valence-corrected chi connectivity index (χ4v) is 1.99. The summed E-state index contributed by atoms with van der Waals surface area (Å²) in [6.07, 6.45) is 2.90. The van der Waals surface area contributed by atoms with Crippen LogP contribution in [-0.2, 0) is 4.84 Å². The van der Waals surface area contributed by atoms with Gasteiger partial charge in [0.05, 0.1) is 15.6 Å². The summed E-state index contributed by atoms with van der Waals surface area (Å²) in [5.74, 6) is 0. The molecule has 3 nitrogen and oxygen atoms in total. The molecule has 0 saturated carbocycles. The number of aromatic nitrogens is 1. The first-order valence-corrected chi connectivity index (χ1v) is 4.69.